The zero-order valence-corrected chi connectivity index (χ0v) is 10.1. The van der Waals surface area contributed by atoms with Crippen molar-refractivity contribution in [2.45, 2.75) is 26.2 Å². The number of hydrogen-bond donors (Lipinski definition) is 1. The molecule has 2 aromatic rings. The third-order valence-corrected chi connectivity index (χ3v) is 3.11. The highest BCUT2D eigenvalue weighted by Crippen LogP contribution is 2.12. The van der Waals surface area contributed by atoms with E-state index in [-0.39, 0.29) is 0 Å². The molecule has 5 heteroatoms. The van der Waals surface area contributed by atoms with Crippen LogP contribution in [-0.4, -0.2) is 32.7 Å². The predicted octanol–water partition coefficient (Wildman–Crippen LogP) is 1.85. The fourth-order valence-corrected chi connectivity index (χ4v) is 2.18. The van der Waals surface area contributed by atoms with Crippen molar-refractivity contribution in [1.82, 2.24) is 19.6 Å². The van der Waals surface area contributed by atoms with E-state index < -0.39 is 0 Å². The van der Waals surface area contributed by atoms with Crippen molar-refractivity contribution in [3.63, 3.8) is 0 Å². The molecule has 0 bridgehead atoms. The normalized spacial score (nSPS) is 17.5. The summed E-state index contributed by atoms with van der Waals surface area (Å²) in [5, 5.41) is 6.60. The van der Waals surface area contributed by atoms with Gasteiger partial charge in [-0.3, -0.25) is 5.43 Å². The van der Waals surface area contributed by atoms with Gasteiger partial charge in [-0.2, -0.15) is 4.98 Å². The second-order valence-corrected chi connectivity index (χ2v) is 4.60. The van der Waals surface area contributed by atoms with Gasteiger partial charge in [0, 0.05) is 19.3 Å². The zero-order valence-electron chi connectivity index (χ0n) is 10.1. The van der Waals surface area contributed by atoms with Gasteiger partial charge in [0.15, 0.2) is 5.65 Å². The lowest BCUT2D eigenvalue weighted by molar-refractivity contribution is 0.271. The maximum absolute atomic E-state index is 4.47. The second-order valence-electron chi connectivity index (χ2n) is 4.60. The number of aromatic nitrogens is 3. The minimum absolute atomic E-state index is 0.692. The zero-order chi connectivity index (χ0) is 11.7. The molecule has 17 heavy (non-hydrogen) atoms. The van der Waals surface area contributed by atoms with Crippen LogP contribution in [0, 0.1) is 6.92 Å². The number of fused-ring (bicyclic) bond motifs is 1. The molecule has 1 saturated heterocycles. The van der Waals surface area contributed by atoms with E-state index in [1.807, 2.05) is 18.3 Å². The fourth-order valence-electron chi connectivity index (χ4n) is 2.18. The molecule has 0 spiro atoms. The number of hydrazine groups is 1. The summed E-state index contributed by atoms with van der Waals surface area (Å²) in [6.45, 7) is 4.22. The summed E-state index contributed by atoms with van der Waals surface area (Å²) in [6.07, 6.45) is 5.77. The Hall–Kier alpha value is -1.62. The summed E-state index contributed by atoms with van der Waals surface area (Å²) < 4.78 is 1.80. The van der Waals surface area contributed by atoms with E-state index in [4.69, 9.17) is 0 Å². The van der Waals surface area contributed by atoms with Crippen molar-refractivity contribution in [3.8, 4) is 0 Å². The average molecular weight is 231 g/mol. The van der Waals surface area contributed by atoms with Crippen molar-refractivity contribution in [2.24, 2.45) is 0 Å². The van der Waals surface area contributed by atoms with E-state index >= 15 is 0 Å². The number of piperidine rings is 1. The summed E-state index contributed by atoms with van der Waals surface area (Å²) in [5.74, 6) is 0.692. The largest absolute Gasteiger partial charge is 0.286 e. The number of nitrogens with one attached hydrogen (secondary N) is 1. The summed E-state index contributed by atoms with van der Waals surface area (Å²) in [6, 6.07) is 4.07. The van der Waals surface area contributed by atoms with Crippen LogP contribution in [0.3, 0.4) is 0 Å². The molecule has 0 atom stereocenters. The molecule has 1 N–H and O–H groups in total. The SMILES string of the molecule is Cc1ccn2nc(NN3CCCCC3)nc2c1. The molecule has 0 radical (unpaired) electrons. The highest BCUT2D eigenvalue weighted by atomic mass is 15.6. The lowest BCUT2D eigenvalue weighted by atomic mass is 10.2. The Morgan fingerprint density at radius 3 is 2.88 bits per heavy atom. The lowest BCUT2D eigenvalue weighted by Gasteiger charge is -2.25. The number of aryl methyl sites for hydroxylation is 1. The molecule has 0 aliphatic carbocycles. The van der Waals surface area contributed by atoms with Gasteiger partial charge in [0.05, 0.1) is 0 Å². The van der Waals surface area contributed by atoms with Crippen molar-refractivity contribution in [3.05, 3.63) is 23.9 Å². The van der Waals surface area contributed by atoms with Gasteiger partial charge in [0.25, 0.3) is 5.95 Å². The second kappa shape index (κ2) is 4.33. The molecule has 0 saturated carbocycles. The molecule has 3 heterocycles. The molecule has 0 amide bonds. The van der Waals surface area contributed by atoms with Crippen LogP contribution in [0.4, 0.5) is 5.95 Å². The lowest BCUT2D eigenvalue weighted by Crippen LogP contribution is -2.35. The molecule has 1 aliphatic rings. The Morgan fingerprint density at radius 1 is 1.24 bits per heavy atom. The van der Waals surface area contributed by atoms with E-state index in [0.717, 1.165) is 18.7 Å². The van der Waals surface area contributed by atoms with Crippen LogP contribution in [-0.2, 0) is 0 Å². The Bertz CT molecular complexity index is 513. The van der Waals surface area contributed by atoms with Crippen LogP contribution in [0.2, 0.25) is 0 Å². The number of pyridine rings is 1. The van der Waals surface area contributed by atoms with Crippen LogP contribution < -0.4 is 5.43 Å². The topological polar surface area (TPSA) is 45.5 Å². The monoisotopic (exact) mass is 231 g/mol. The van der Waals surface area contributed by atoms with Crippen LogP contribution in [0.15, 0.2) is 18.3 Å². The van der Waals surface area contributed by atoms with Crippen molar-refractivity contribution >= 4 is 11.6 Å². The molecule has 90 valence electrons. The average Bonchev–Trinajstić information content (AvgIpc) is 2.71. The Balaban J connectivity index is 1.80. The van der Waals surface area contributed by atoms with Gasteiger partial charge in [-0.15, -0.1) is 5.10 Å². The predicted molar refractivity (Wildman–Crippen MR) is 66.8 cm³/mol. The molecule has 0 aromatic carbocycles. The first-order chi connectivity index (χ1) is 8.31. The molecule has 2 aromatic heterocycles. The Morgan fingerprint density at radius 2 is 2.06 bits per heavy atom. The summed E-state index contributed by atoms with van der Waals surface area (Å²) in [7, 11) is 0. The number of hydrogen-bond acceptors (Lipinski definition) is 4. The first-order valence-electron chi connectivity index (χ1n) is 6.16. The van der Waals surface area contributed by atoms with Crippen LogP contribution >= 0.6 is 0 Å². The van der Waals surface area contributed by atoms with Crippen molar-refractivity contribution < 1.29 is 0 Å². The standard InChI is InChI=1S/C12H17N5/c1-10-5-8-17-11(9-10)13-12(15-17)14-16-6-3-2-4-7-16/h5,8-9H,2-4,6-7H2,1H3,(H,14,15). The Labute approximate surface area is 100 Å². The maximum atomic E-state index is 4.47. The fraction of sp³-hybridized carbons (Fsp3) is 0.500. The minimum atomic E-state index is 0.692. The third-order valence-electron chi connectivity index (χ3n) is 3.11. The minimum Gasteiger partial charge on any atom is -0.286 e. The molecular weight excluding hydrogens is 214 g/mol. The van der Waals surface area contributed by atoms with Crippen LogP contribution in [0.5, 0.6) is 0 Å². The molecule has 1 fully saturated rings. The van der Waals surface area contributed by atoms with Gasteiger partial charge < -0.3 is 0 Å². The van der Waals surface area contributed by atoms with Crippen molar-refractivity contribution in [1.29, 1.82) is 0 Å². The van der Waals surface area contributed by atoms with Crippen molar-refractivity contribution in [2.75, 3.05) is 18.5 Å². The number of rotatable bonds is 2. The summed E-state index contributed by atoms with van der Waals surface area (Å²) >= 11 is 0. The Kier molecular flexibility index (Phi) is 2.68. The maximum Gasteiger partial charge on any atom is 0.257 e. The quantitative estimate of drug-likeness (QED) is 0.856. The third kappa shape index (κ3) is 2.24. The first kappa shape index (κ1) is 10.5. The molecule has 1 aliphatic heterocycles. The smallest absolute Gasteiger partial charge is 0.257 e. The van der Waals surface area contributed by atoms with Gasteiger partial charge in [0.2, 0.25) is 0 Å². The van der Waals surface area contributed by atoms with E-state index in [1.54, 1.807) is 4.52 Å². The number of anilines is 1. The van der Waals surface area contributed by atoms with E-state index in [0.29, 0.717) is 5.95 Å². The first-order valence-corrected chi connectivity index (χ1v) is 6.16. The molecule has 3 rings (SSSR count). The van der Waals surface area contributed by atoms with E-state index in [9.17, 15) is 0 Å². The highest BCUT2D eigenvalue weighted by molar-refractivity contribution is 5.44. The van der Waals surface area contributed by atoms with Gasteiger partial charge in [-0.05, 0) is 37.5 Å². The van der Waals surface area contributed by atoms with Gasteiger partial charge in [-0.25, -0.2) is 9.52 Å². The summed E-state index contributed by atoms with van der Waals surface area (Å²) in [4.78, 5) is 4.47. The summed E-state index contributed by atoms with van der Waals surface area (Å²) in [5.41, 5.74) is 5.38. The van der Waals surface area contributed by atoms with Crippen LogP contribution in [0.25, 0.3) is 5.65 Å². The van der Waals surface area contributed by atoms with Gasteiger partial charge in [-0.1, -0.05) is 6.42 Å². The molecule has 5 nitrogen and oxygen atoms in total. The van der Waals surface area contributed by atoms with Crippen LogP contribution in [0.1, 0.15) is 24.8 Å². The highest BCUT2D eigenvalue weighted by Gasteiger charge is 2.12. The number of nitrogens with zero attached hydrogens (tertiary/aromatic N) is 4. The van der Waals surface area contributed by atoms with E-state index in [1.165, 1.54) is 24.8 Å². The van der Waals surface area contributed by atoms with E-state index in [2.05, 4.69) is 27.4 Å². The molecular formula is C12H17N5. The van der Waals surface area contributed by atoms with Gasteiger partial charge >= 0.3 is 0 Å². The molecule has 0 unspecified atom stereocenters. The van der Waals surface area contributed by atoms with Gasteiger partial charge in [0.1, 0.15) is 0 Å².